The van der Waals surface area contributed by atoms with Gasteiger partial charge in [-0.1, -0.05) is 24.9 Å². The molecule has 0 atom stereocenters. The first-order valence-electron chi connectivity index (χ1n) is 9.82. The number of halogens is 1. The second-order valence-corrected chi connectivity index (χ2v) is 7.41. The lowest BCUT2D eigenvalue weighted by atomic mass is 9.92. The first kappa shape index (κ1) is 20.4. The first-order chi connectivity index (χ1) is 13.6. The fourth-order valence-electron chi connectivity index (χ4n) is 3.14. The molecule has 1 saturated carbocycles. The van der Waals surface area contributed by atoms with Crippen LogP contribution in [0.15, 0.2) is 36.7 Å². The number of hydrogen-bond donors (Lipinski definition) is 1. The molecule has 1 N–H and O–H groups in total. The van der Waals surface area contributed by atoms with Crippen LogP contribution in [0, 0.1) is 0 Å². The number of aromatic nitrogens is 2. The SMILES string of the molecule is CCCCOc1ccc(C(=O)NC2CCC(Oc3ncc(Cl)cn3)CC2)cc1. The summed E-state index contributed by atoms with van der Waals surface area (Å²) >= 11 is 5.78. The number of carbonyl (C=O) groups excluding carboxylic acids is 1. The number of amides is 1. The molecule has 0 saturated heterocycles. The zero-order valence-electron chi connectivity index (χ0n) is 16.1. The second kappa shape index (κ2) is 10.3. The van der Waals surface area contributed by atoms with E-state index in [-0.39, 0.29) is 18.1 Å². The van der Waals surface area contributed by atoms with E-state index in [1.54, 1.807) is 0 Å². The van der Waals surface area contributed by atoms with Crippen LogP contribution in [0.4, 0.5) is 0 Å². The number of carbonyl (C=O) groups is 1. The monoisotopic (exact) mass is 403 g/mol. The fraction of sp³-hybridized carbons (Fsp3) is 0.476. The molecule has 7 heteroatoms. The van der Waals surface area contributed by atoms with Crippen molar-refractivity contribution in [2.75, 3.05) is 6.61 Å². The molecular formula is C21H26ClN3O3. The quantitative estimate of drug-likeness (QED) is 0.660. The zero-order chi connectivity index (χ0) is 19.8. The molecule has 150 valence electrons. The van der Waals surface area contributed by atoms with Gasteiger partial charge >= 0.3 is 6.01 Å². The summed E-state index contributed by atoms with van der Waals surface area (Å²) in [5, 5.41) is 3.60. The van der Waals surface area contributed by atoms with Crippen molar-refractivity contribution in [2.24, 2.45) is 0 Å². The molecule has 1 heterocycles. The van der Waals surface area contributed by atoms with Gasteiger partial charge in [0, 0.05) is 11.6 Å². The average Bonchev–Trinajstić information content (AvgIpc) is 2.72. The van der Waals surface area contributed by atoms with Gasteiger partial charge in [-0.15, -0.1) is 0 Å². The van der Waals surface area contributed by atoms with E-state index >= 15 is 0 Å². The Morgan fingerprint density at radius 1 is 1.14 bits per heavy atom. The van der Waals surface area contributed by atoms with Crippen molar-refractivity contribution in [3.05, 3.63) is 47.2 Å². The Labute approximate surface area is 170 Å². The summed E-state index contributed by atoms with van der Waals surface area (Å²) in [4.78, 5) is 20.6. The summed E-state index contributed by atoms with van der Waals surface area (Å²) in [7, 11) is 0. The molecule has 3 rings (SSSR count). The van der Waals surface area contributed by atoms with Gasteiger partial charge in [0.05, 0.1) is 24.0 Å². The maximum absolute atomic E-state index is 12.5. The van der Waals surface area contributed by atoms with Crippen LogP contribution < -0.4 is 14.8 Å². The molecule has 0 bridgehead atoms. The van der Waals surface area contributed by atoms with E-state index in [9.17, 15) is 4.79 Å². The van der Waals surface area contributed by atoms with Crippen molar-refractivity contribution < 1.29 is 14.3 Å². The maximum Gasteiger partial charge on any atom is 0.316 e. The number of rotatable bonds is 8. The largest absolute Gasteiger partial charge is 0.494 e. The molecular weight excluding hydrogens is 378 g/mol. The summed E-state index contributed by atoms with van der Waals surface area (Å²) < 4.78 is 11.4. The molecule has 0 spiro atoms. The highest BCUT2D eigenvalue weighted by atomic mass is 35.5. The first-order valence-corrected chi connectivity index (χ1v) is 10.2. The number of hydrogen-bond acceptors (Lipinski definition) is 5. The molecule has 1 aliphatic rings. The fourth-order valence-corrected chi connectivity index (χ4v) is 3.24. The van der Waals surface area contributed by atoms with Crippen LogP contribution in [0.2, 0.25) is 5.02 Å². The lowest BCUT2D eigenvalue weighted by Crippen LogP contribution is -2.39. The Kier molecular flexibility index (Phi) is 7.48. The van der Waals surface area contributed by atoms with Gasteiger partial charge in [-0.3, -0.25) is 4.79 Å². The van der Waals surface area contributed by atoms with E-state index in [0.29, 0.717) is 23.2 Å². The lowest BCUT2D eigenvalue weighted by molar-refractivity contribution is 0.0885. The van der Waals surface area contributed by atoms with Crippen molar-refractivity contribution in [1.29, 1.82) is 0 Å². The van der Waals surface area contributed by atoms with Gasteiger partial charge in [0.15, 0.2) is 0 Å². The van der Waals surface area contributed by atoms with Gasteiger partial charge in [0.1, 0.15) is 11.9 Å². The number of ether oxygens (including phenoxy) is 2. The Balaban J connectivity index is 1.42. The minimum absolute atomic E-state index is 0.0505. The molecule has 1 aliphatic carbocycles. The highest BCUT2D eigenvalue weighted by Crippen LogP contribution is 2.23. The molecule has 2 aromatic rings. The third kappa shape index (κ3) is 6.09. The van der Waals surface area contributed by atoms with Crippen molar-refractivity contribution in [2.45, 2.75) is 57.6 Å². The minimum Gasteiger partial charge on any atom is -0.494 e. The molecule has 0 radical (unpaired) electrons. The maximum atomic E-state index is 12.5. The van der Waals surface area contributed by atoms with Crippen molar-refractivity contribution >= 4 is 17.5 Å². The third-order valence-electron chi connectivity index (χ3n) is 4.76. The van der Waals surface area contributed by atoms with E-state index in [1.165, 1.54) is 12.4 Å². The van der Waals surface area contributed by atoms with Crippen LogP contribution in [0.5, 0.6) is 11.8 Å². The Hall–Kier alpha value is -2.34. The predicted octanol–water partition coefficient (Wildman–Crippen LogP) is 4.43. The molecule has 1 aromatic heterocycles. The van der Waals surface area contributed by atoms with E-state index in [2.05, 4.69) is 22.2 Å². The number of nitrogens with one attached hydrogen (secondary N) is 1. The third-order valence-corrected chi connectivity index (χ3v) is 4.96. The summed E-state index contributed by atoms with van der Waals surface area (Å²) in [6, 6.07) is 7.81. The van der Waals surface area contributed by atoms with Gasteiger partial charge in [-0.2, -0.15) is 0 Å². The Morgan fingerprint density at radius 2 is 1.82 bits per heavy atom. The number of benzene rings is 1. The lowest BCUT2D eigenvalue weighted by Gasteiger charge is -2.28. The van der Waals surface area contributed by atoms with Crippen LogP contribution in [0.3, 0.4) is 0 Å². The number of unbranched alkanes of at least 4 members (excludes halogenated alkanes) is 1. The van der Waals surface area contributed by atoms with Gasteiger partial charge in [0.25, 0.3) is 5.91 Å². The molecule has 0 unspecified atom stereocenters. The zero-order valence-corrected chi connectivity index (χ0v) is 16.8. The Bertz CT molecular complexity index is 744. The highest BCUT2D eigenvalue weighted by molar-refractivity contribution is 6.30. The molecule has 0 aliphatic heterocycles. The Morgan fingerprint density at radius 3 is 2.46 bits per heavy atom. The summed E-state index contributed by atoms with van der Waals surface area (Å²) in [6.07, 6.45) is 8.66. The van der Waals surface area contributed by atoms with Crippen molar-refractivity contribution in [1.82, 2.24) is 15.3 Å². The summed E-state index contributed by atoms with van der Waals surface area (Å²) in [6.45, 7) is 2.83. The summed E-state index contributed by atoms with van der Waals surface area (Å²) in [5.74, 6) is 0.748. The van der Waals surface area contributed by atoms with Crippen LogP contribution in [-0.2, 0) is 0 Å². The highest BCUT2D eigenvalue weighted by Gasteiger charge is 2.24. The normalized spacial score (nSPS) is 19.1. The molecule has 1 aromatic carbocycles. The molecule has 1 amide bonds. The second-order valence-electron chi connectivity index (χ2n) is 6.98. The van der Waals surface area contributed by atoms with Crippen molar-refractivity contribution in [3.63, 3.8) is 0 Å². The standard InChI is InChI=1S/C21H26ClN3O3/c1-2-3-12-27-18-8-4-15(5-9-18)20(26)25-17-6-10-19(11-7-17)28-21-23-13-16(22)14-24-21/h4-5,8-9,13-14,17,19H,2-3,6-7,10-12H2,1H3,(H,25,26). The van der Waals surface area contributed by atoms with Gasteiger partial charge in [-0.05, 0) is 56.4 Å². The number of nitrogens with zero attached hydrogens (tertiary/aromatic N) is 2. The van der Waals surface area contributed by atoms with Crippen LogP contribution >= 0.6 is 11.6 Å². The van der Waals surface area contributed by atoms with E-state index in [4.69, 9.17) is 21.1 Å². The van der Waals surface area contributed by atoms with E-state index in [1.807, 2.05) is 24.3 Å². The van der Waals surface area contributed by atoms with Crippen LogP contribution in [0.25, 0.3) is 0 Å². The average molecular weight is 404 g/mol. The van der Waals surface area contributed by atoms with Crippen molar-refractivity contribution in [3.8, 4) is 11.8 Å². The van der Waals surface area contributed by atoms with Gasteiger partial charge in [0.2, 0.25) is 0 Å². The topological polar surface area (TPSA) is 73.3 Å². The van der Waals surface area contributed by atoms with Crippen LogP contribution in [-0.4, -0.2) is 34.6 Å². The molecule has 28 heavy (non-hydrogen) atoms. The van der Waals surface area contributed by atoms with Crippen LogP contribution in [0.1, 0.15) is 55.8 Å². The molecule has 6 nitrogen and oxygen atoms in total. The predicted molar refractivity (Wildman–Crippen MR) is 108 cm³/mol. The summed E-state index contributed by atoms with van der Waals surface area (Å²) in [5.41, 5.74) is 0.649. The smallest absolute Gasteiger partial charge is 0.316 e. The molecule has 1 fully saturated rings. The minimum atomic E-state index is -0.0505. The van der Waals surface area contributed by atoms with Gasteiger partial charge in [-0.25, -0.2) is 9.97 Å². The van der Waals surface area contributed by atoms with E-state index < -0.39 is 0 Å². The van der Waals surface area contributed by atoms with Gasteiger partial charge < -0.3 is 14.8 Å². The van der Waals surface area contributed by atoms with E-state index in [0.717, 1.165) is 44.3 Å².